The molecule has 0 aliphatic carbocycles. The number of ether oxygens (including phenoxy) is 2. The molecule has 0 amide bonds. The highest BCUT2D eigenvalue weighted by molar-refractivity contribution is 5.42. The number of benzene rings is 1. The maximum Gasteiger partial charge on any atom is 0.264 e. The zero-order chi connectivity index (χ0) is 14.8. The largest absolute Gasteiger partial charge is 0.493 e. The smallest absolute Gasteiger partial charge is 0.264 e. The molecule has 2 aromatic rings. The molecule has 0 saturated heterocycles. The molecule has 6 heteroatoms. The highest BCUT2D eigenvalue weighted by Crippen LogP contribution is 2.28. The molecule has 2 N–H and O–H groups in total. The molecule has 0 unspecified atom stereocenters. The van der Waals surface area contributed by atoms with E-state index in [1.165, 1.54) is 0 Å². The van der Waals surface area contributed by atoms with E-state index in [4.69, 9.17) is 19.7 Å². The SMILES string of the molecule is COc1cc(C)ccc1OCc1nc(C(C)(C)N)no1. The second kappa shape index (κ2) is 5.50. The first-order valence-corrected chi connectivity index (χ1v) is 6.29. The van der Waals surface area contributed by atoms with Crippen molar-refractivity contribution in [1.82, 2.24) is 10.1 Å². The van der Waals surface area contributed by atoms with Crippen molar-refractivity contribution in [2.24, 2.45) is 5.73 Å². The summed E-state index contributed by atoms with van der Waals surface area (Å²) in [4.78, 5) is 4.20. The minimum atomic E-state index is -0.636. The summed E-state index contributed by atoms with van der Waals surface area (Å²) in [5, 5.41) is 3.83. The second-order valence-corrected chi connectivity index (χ2v) is 5.18. The number of nitrogens with two attached hydrogens (primary N) is 1. The van der Waals surface area contributed by atoms with E-state index in [0.717, 1.165) is 5.56 Å². The average molecular weight is 277 g/mol. The van der Waals surface area contributed by atoms with Crippen LogP contribution in [0.3, 0.4) is 0 Å². The summed E-state index contributed by atoms with van der Waals surface area (Å²) < 4.78 is 16.0. The van der Waals surface area contributed by atoms with E-state index >= 15 is 0 Å². The van der Waals surface area contributed by atoms with Crippen LogP contribution >= 0.6 is 0 Å². The van der Waals surface area contributed by atoms with Crippen LogP contribution in [0.5, 0.6) is 11.5 Å². The summed E-state index contributed by atoms with van der Waals surface area (Å²) in [5.41, 5.74) is 6.35. The van der Waals surface area contributed by atoms with Crippen LogP contribution in [0.4, 0.5) is 0 Å². The molecule has 1 aromatic carbocycles. The van der Waals surface area contributed by atoms with Gasteiger partial charge in [0.25, 0.3) is 5.89 Å². The van der Waals surface area contributed by atoms with Crippen molar-refractivity contribution in [3.05, 3.63) is 35.5 Å². The van der Waals surface area contributed by atoms with Gasteiger partial charge in [0, 0.05) is 0 Å². The van der Waals surface area contributed by atoms with Crippen molar-refractivity contribution in [3.8, 4) is 11.5 Å². The average Bonchev–Trinajstić information content (AvgIpc) is 2.86. The fourth-order valence-corrected chi connectivity index (χ4v) is 1.61. The Hall–Kier alpha value is -2.08. The van der Waals surface area contributed by atoms with Crippen molar-refractivity contribution in [3.63, 3.8) is 0 Å². The van der Waals surface area contributed by atoms with E-state index in [1.807, 2.05) is 39.0 Å². The third-order valence-corrected chi connectivity index (χ3v) is 2.71. The van der Waals surface area contributed by atoms with E-state index in [0.29, 0.717) is 23.2 Å². The van der Waals surface area contributed by atoms with Gasteiger partial charge in [0.1, 0.15) is 0 Å². The van der Waals surface area contributed by atoms with E-state index in [9.17, 15) is 0 Å². The summed E-state index contributed by atoms with van der Waals surface area (Å²) in [5.74, 6) is 2.13. The van der Waals surface area contributed by atoms with Crippen LogP contribution in [0.25, 0.3) is 0 Å². The minimum Gasteiger partial charge on any atom is -0.493 e. The topological polar surface area (TPSA) is 83.4 Å². The van der Waals surface area contributed by atoms with Gasteiger partial charge in [0.2, 0.25) is 0 Å². The summed E-state index contributed by atoms with van der Waals surface area (Å²) in [6, 6.07) is 5.69. The van der Waals surface area contributed by atoms with Gasteiger partial charge in [0.05, 0.1) is 12.6 Å². The van der Waals surface area contributed by atoms with Crippen molar-refractivity contribution < 1.29 is 14.0 Å². The van der Waals surface area contributed by atoms with Crippen LogP contribution in [-0.4, -0.2) is 17.3 Å². The molecular formula is C14H19N3O3. The fourth-order valence-electron chi connectivity index (χ4n) is 1.61. The van der Waals surface area contributed by atoms with Gasteiger partial charge >= 0.3 is 0 Å². The molecule has 6 nitrogen and oxygen atoms in total. The third kappa shape index (κ3) is 3.27. The number of hydrogen-bond acceptors (Lipinski definition) is 6. The first-order chi connectivity index (χ1) is 9.40. The molecule has 0 aliphatic rings. The predicted octanol–water partition coefficient (Wildman–Crippen LogP) is 2.16. The Morgan fingerprint density at radius 3 is 2.65 bits per heavy atom. The molecule has 2 rings (SSSR count). The molecule has 1 aromatic heterocycles. The van der Waals surface area contributed by atoms with Gasteiger partial charge in [-0.1, -0.05) is 11.2 Å². The molecule has 20 heavy (non-hydrogen) atoms. The molecule has 0 aliphatic heterocycles. The number of hydrogen-bond donors (Lipinski definition) is 1. The van der Waals surface area contributed by atoms with Crippen LogP contribution in [0.1, 0.15) is 31.1 Å². The van der Waals surface area contributed by atoms with Crippen LogP contribution in [0.2, 0.25) is 0 Å². The lowest BCUT2D eigenvalue weighted by atomic mass is 10.1. The number of aryl methyl sites for hydroxylation is 1. The Morgan fingerprint density at radius 1 is 1.30 bits per heavy atom. The molecule has 0 saturated carbocycles. The van der Waals surface area contributed by atoms with Gasteiger partial charge in [0.15, 0.2) is 23.9 Å². The van der Waals surface area contributed by atoms with Gasteiger partial charge in [-0.25, -0.2) is 0 Å². The van der Waals surface area contributed by atoms with E-state index in [2.05, 4.69) is 10.1 Å². The third-order valence-electron chi connectivity index (χ3n) is 2.71. The number of rotatable bonds is 5. The van der Waals surface area contributed by atoms with Crippen molar-refractivity contribution in [2.75, 3.05) is 7.11 Å². The Kier molecular flexibility index (Phi) is 3.94. The van der Waals surface area contributed by atoms with Crippen LogP contribution < -0.4 is 15.2 Å². The molecule has 0 bridgehead atoms. The fraction of sp³-hybridized carbons (Fsp3) is 0.429. The van der Waals surface area contributed by atoms with Crippen molar-refractivity contribution in [2.45, 2.75) is 32.9 Å². The maximum absolute atomic E-state index is 5.89. The molecule has 0 atom stereocenters. The van der Waals surface area contributed by atoms with Gasteiger partial charge in [-0.2, -0.15) is 4.98 Å². The first-order valence-electron chi connectivity index (χ1n) is 6.29. The van der Waals surface area contributed by atoms with E-state index in [-0.39, 0.29) is 6.61 Å². The quantitative estimate of drug-likeness (QED) is 0.901. The lowest BCUT2D eigenvalue weighted by Crippen LogP contribution is -2.30. The van der Waals surface area contributed by atoms with Gasteiger partial charge in [-0.05, 0) is 38.5 Å². The molecular weight excluding hydrogens is 258 g/mol. The number of aromatic nitrogens is 2. The standard InChI is InChI=1S/C14H19N3O3/c1-9-5-6-10(11(7-9)18-4)19-8-12-16-13(17-20-12)14(2,3)15/h5-7H,8,15H2,1-4H3. The predicted molar refractivity (Wildman–Crippen MR) is 73.6 cm³/mol. The molecule has 108 valence electrons. The highest BCUT2D eigenvalue weighted by Gasteiger charge is 2.21. The van der Waals surface area contributed by atoms with Gasteiger partial charge in [-0.3, -0.25) is 0 Å². The lowest BCUT2D eigenvalue weighted by molar-refractivity contribution is 0.232. The van der Waals surface area contributed by atoms with Crippen LogP contribution in [0.15, 0.2) is 22.7 Å². The van der Waals surface area contributed by atoms with Gasteiger partial charge < -0.3 is 19.7 Å². The highest BCUT2D eigenvalue weighted by atomic mass is 16.5. The van der Waals surface area contributed by atoms with Crippen molar-refractivity contribution in [1.29, 1.82) is 0 Å². The zero-order valence-electron chi connectivity index (χ0n) is 12.1. The monoisotopic (exact) mass is 277 g/mol. The zero-order valence-corrected chi connectivity index (χ0v) is 12.1. The summed E-state index contributed by atoms with van der Waals surface area (Å²) >= 11 is 0. The summed E-state index contributed by atoms with van der Waals surface area (Å²) in [6.07, 6.45) is 0. The molecule has 0 radical (unpaired) electrons. The Bertz CT molecular complexity index is 588. The first kappa shape index (κ1) is 14.3. The normalized spacial score (nSPS) is 11.4. The molecule has 0 fully saturated rings. The number of nitrogens with zero attached hydrogens (tertiary/aromatic N) is 2. The van der Waals surface area contributed by atoms with E-state index < -0.39 is 5.54 Å². The van der Waals surface area contributed by atoms with Gasteiger partial charge in [-0.15, -0.1) is 0 Å². The summed E-state index contributed by atoms with van der Waals surface area (Å²) in [6.45, 7) is 5.78. The second-order valence-electron chi connectivity index (χ2n) is 5.18. The summed E-state index contributed by atoms with van der Waals surface area (Å²) in [7, 11) is 1.60. The van der Waals surface area contributed by atoms with Crippen molar-refractivity contribution >= 4 is 0 Å². The minimum absolute atomic E-state index is 0.169. The lowest BCUT2D eigenvalue weighted by Gasteiger charge is -2.11. The van der Waals surface area contributed by atoms with E-state index in [1.54, 1.807) is 7.11 Å². The Balaban J connectivity index is 2.07. The van der Waals surface area contributed by atoms with Crippen LogP contribution in [-0.2, 0) is 12.1 Å². The Labute approximate surface area is 117 Å². The molecule has 0 spiro atoms. The number of methoxy groups -OCH3 is 1. The molecule has 1 heterocycles. The Morgan fingerprint density at radius 2 is 2.05 bits per heavy atom. The van der Waals surface area contributed by atoms with Crippen LogP contribution in [0, 0.1) is 6.92 Å². The maximum atomic E-state index is 5.89.